The van der Waals surface area contributed by atoms with Gasteiger partial charge in [-0.05, 0) is 43.2 Å². The van der Waals surface area contributed by atoms with Gasteiger partial charge in [-0.25, -0.2) is 0 Å². The number of rotatable bonds is 10. The molecule has 3 rings (SSSR count). The first-order valence-corrected chi connectivity index (χ1v) is 10.8. The standard InChI is InChI=1S/C25H29NO8/c1-5-34-19-14-15(10-11-16(19)27)22-21(24(29)25(30)26(22)12-7-13-31-2)23(28)20-17(32-3)8-6-9-18(20)33-4/h6,8-11,14,22,27-28H,5,7,12-13H2,1-4H3/b23-21+. The summed E-state index contributed by atoms with van der Waals surface area (Å²) in [6, 6.07) is 8.58. The maximum absolute atomic E-state index is 13.2. The van der Waals surface area contributed by atoms with E-state index in [1.807, 2.05) is 0 Å². The SMILES string of the molecule is CCOc1cc(C2/C(=C(\O)c3c(OC)cccc3OC)C(=O)C(=O)N2CCCOC)ccc1O. The highest BCUT2D eigenvalue weighted by Crippen LogP contribution is 2.44. The minimum Gasteiger partial charge on any atom is -0.506 e. The molecule has 9 heteroatoms. The van der Waals surface area contributed by atoms with Gasteiger partial charge in [-0.2, -0.15) is 0 Å². The lowest BCUT2D eigenvalue weighted by Crippen LogP contribution is -2.31. The Hall–Kier alpha value is -3.72. The van der Waals surface area contributed by atoms with Gasteiger partial charge in [-0.3, -0.25) is 9.59 Å². The summed E-state index contributed by atoms with van der Waals surface area (Å²) in [5, 5.41) is 21.6. The summed E-state index contributed by atoms with van der Waals surface area (Å²) < 4.78 is 21.4. The number of benzene rings is 2. The maximum atomic E-state index is 13.2. The first-order valence-electron chi connectivity index (χ1n) is 10.8. The van der Waals surface area contributed by atoms with Crippen molar-refractivity contribution in [1.29, 1.82) is 0 Å². The van der Waals surface area contributed by atoms with E-state index in [-0.39, 0.29) is 40.7 Å². The Morgan fingerprint density at radius 3 is 2.29 bits per heavy atom. The summed E-state index contributed by atoms with van der Waals surface area (Å²) in [4.78, 5) is 27.7. The molecule has 1 unspecified atom stereocenters. The highest BCUT2D eigenvalue weighted by molar-refractivity contribution is 6.46. The quantitative estimate of drug-likeness (QED) is 0.235. The van der Waals surface area contributed by atoms with Crippen LogP contribution in [-0.2, 0) is 14.3 Å². The van der Waals surface area contributed by atoms with Crippen molar-refractivity contribution >= 4 is 17.4 Å². The molecule has 1 aliphatic rings. The van der Waals surface area contributed by atoms with E-state index in [1.54, 1.807) is 44.4 Å². The lowest BCUT2D eigenvalue weighted by molar-refractivity contribution is -0.140. The molecule has 0 aromatic heterocycles. The minimum absolute atomic E-state index is 0.0756. The van der Waals surface area contributed by atoms with Gasteiger partial charge in [0.1, 0.15) is 22.8 Å². The van der Waals surface area contributed by atoms with E-state index in [2.05, 4.69) is 0 Å². The molecular weight excluding hydrogens is 442 g/mol. The number of phenolic OH excluding ortho intramolecular Hbond substituents is 1. The lowest BCUT2D eigenvalue weighted by atomic mass is 9.94. The predicted octanol–water partition coefficient (Wildman–Crippen LogP) is 3.27. The average molecular weight is 472 g/mol. The number of Topliss-reactive ketones (excluding diaryl/α,β-unsaturated/α-hetero) is 1. The van der Waals surface area contributed by atoms with E-state index in [0.717, 1.165) is 0 Å². The smallest absolute Gasteiger partial charge is 0.295 e. The molecule has 0 saturated carbocycles. The molecule has 2 aromatic carbocycles. The third kappa shape index (κ3) is 4.65. The van der Waals surface area contributed by atoms with Gasteiger partial charge < -0.3 is 34.1 Å². The van der Waals surface area contributed by atoms with Crippen LogP contribution in [0, 0.1) is 0 Å². The van der Waals surface area contributed by atoms with E-state index in [4.69, 9.17) is 18.9 Å². The molecule has 0 aliphatic carbocycles. The molecule has 2 N–H and O–H groups in total. The highest BCUT2D eigenvalue weighted by atomic mass is 16.5. The number of ketones is 1. The number of carbonyl (C=O) groups is 2. The third-order valence-electron chi connectivity index (χ3n) is 5.55. The van der Waals surface area contributed by atoms with Crippen molar-refractivity contribution in [2.45, 2.75) is 19.4 Å². The molecule has 0 radical (unpaired) electrons. The normalized spacial score (nSPS) is 17.2. The number of hydrogen-bond donors (Lipinski definition) is 2. The number of nitrogens with zero attached hydrogens (tertiary/aromatic N) is 1. The van der Waals surface area contributed by atoms with Gasteiger partial charge >= 0.3 is 0 Å². The zero-order chi connectivity index (χ0) is 24.8. The molecule has 1 aliphatic heterocycles. The largest absolute Gasteiger partial charge is 0.506 e. The molecule has 182 valence electrons. The van der Waals surface area contributed by atoms with Gasteiger partial charge in [0.15, 0.2) is 11.5 Å². The van der Waals surface area contributed by atoms with Crippen molar-refractivity contribution in [1.82, 2.24) is 4.90 Å². The fourth-order valence-corrected chi connectivity index (χ4v) is 4.03. The summed E-state index contributed by atoms with van der Waals surface area (Å²) in [6.07, 6.45) is 0.481. The van der Waals surface area contributed by atoms with Gasteiger partial charge in [-0.15, -0.1) is 0 Å². The van der Waals surface area contributed by atoms with Crippen molar-refractivity contribution in [3.8, 4) is 23.0 Å². The van der Waals surface area contributed by atoms with Gasteiger partial charge in [-0.1, -0.05) is 12.1 Å². The molecular formula is C25H29NO8. The van der Waals surface area contributed by atoms with Gasteiger partial charge in [0.25, 0.3) is 11.7 Å². The second-order valence-electron chi connectivity index (χ2n) is 7.54. The first-order chi connectivity index (χ1) is 16.4. The molecule has 34 heavy (non-hydrogen) atoms. The van der Waals surface area contributed by atoms with Crippen LogP contribution in [0.4, 0.5) is 0 Å². The van der Waals surface area contributed by atoms with Crippen LogP contribution in [0.5, 0.6) is 23.0 Å². The summed E-state index contributed by atoms with van der Waals surface area (Å²) in [5.74, 6) is -1.31. The van der Waals surface area contributed by atoms with Crippen LogP contribution in [-0.4, -0.2) is 67.9 Å². The van der Waals surface area contributed by atoms with E-state index in [0.29, 0.717) is 25.2 Å². The van der Waals surface area contributed by atoms with Crippen LogP contribution in [0.15, 0.2) is 42.0 Å². The average Bonchev–Trinajstić information content (AvgIpc) is 3.09. The second-order valence-corrected chi connectivity index (χ2v) is 7.54. The number of likely N-dealkylation sites (tertiary alicyclic amines) is 1. The number of aromatic hydroxyl groups is 1. The summed E-state index contributed by atoms with van der Waals surface area (Å²) in [7, 11) is 4.41. The van der Waals surface area contributed by atoms with E-state index in [1.165, 1.54) is 25.2 Å². The summed E-state index contributed by atoms with van der Waals surface area (Å²) >= 11 is 0. The van der Waals surface area contributed by atoms with Gasteiger partial charge in [0.2, 0.25) is 0 Å². The monoisotopic (exact) mass is 471 g/mol. The molecule has 1 heterocycles. The van der Waals surface area contributed by atoms with Crippen LogP contribution in [0.25, 0.3) is 5.76 Å². The number of ether oxygens (including phenoxy) is 4. The Bertz CT molecular complexity index is 1070. The van der Waals surface area contributed by atoms with Crippen molar-refractivity contribution in [2.75, 3.05) is 41.1 Å². The number of amides is 1. The van der Waals surface area contributed by atoms with Gasteiger partial charge in [0, 0.05) is 20.3 Å². The lowest BCUT2D eigenvalue weighted by Gasteiger charge is -2.26. The second kappa shape index (κ2) is 10.9. The zero-order valence-electron chi connectivity index (χ0n) is 19.7. The maximum Gasteiger partial charge on any atom is 0.295 e. The van der Waals surface area contributed by atoms with Crippen LogP contribution >= 0.6 is 0 Å². The molecule has 0 bridgehead atoms. The molecule has 2 aromatic rings. The molecule has 9 nitrogen and oxygen atoms in total. The Morgan fingerprint density at radius 2 is 1.71 bits per heavy atom. The molecule has 1 saturated heterocycles. The fourth-order valence-electron chi connectivity index (χ4n) is 4.03. The topological polar surface area (TPSA) is 115 Å². The van der Waals surface area contributed by atoms with E-state index < -0.39 is 23.5 Å². The van der Waals surface area contributed by atoms with Crippen LogP contribution in [0.2, 0.25) is 0 Å². The van der Waals surface area contributed by atoms with Crippen LogP contribution in [0.3, 0.4) is 0 Å². The summed E-state index contributed by atoms with van der Waals surface area (Å²) in [6.45, 7) is 2.68. The van der Waals surface area contributed by atoms with Gasteiger partial charge in [0.05, 0.1) is 32.4 Å². The fraction of sp³-hybridized carbons (Fsp3) is 0.360. The van der Waals surface area contributed by atoms with Crippen molar-refractivity contribution < 1.29 is 38.7 Å². The minimum atomic E-state index is -0.925. The molecule has 1 amide bonds. The van der Waals surface area contributed by atoms with E-state index >= 15 is 0 Å². The van der Waals surface area contributed by atoms with Crippen molar-refractivity contribution in [2.24, 2.45) is 0 Å². The molecule has 0 spiro atoms. The number of aliphatic hydroxyl groups excluding tert-OH is 1. The zero-order valence-corrected chi connectivity index (χ0v) is 19.7. The van der Waals surface area contributed by atoms with E-state index in [9.17, 15) is 19.8 Å². The Morgan fingerprint density at radius 1 is 1.03 bits per heavy atom. The third-order valence-corrected chi connectivity index (χ3v) is 5.55. The van der Waals surface area contributed by atoms with Crippen molar-refractivity contribution in [3.63, 3.8) is 0 Å². The number of carbonyl (C=O) groups excluding carboxylic acids is 2. The number of hydrogen-bond acceptors (Lipinski definition) is 8. The number of methoxy groups -OCH3 is 3. The Labute approximate surface area is 198 Å². The molecule has 1 fully saturated rings. The molecule has 1 atom stereocenters. The van der Waals surface area contributed by atoms with Crippen molar-refractivity contribution in [3.05, 3.63) is 53.1 Å². The Kier molecular flexibility index (Phi) is 8.01. The number of aliphatic hydroxyl groups is 1. The highest BCUT2D eigenvalue weighted by Gasteiger charge is 2.46. The summed E-state index contributed by atoms with van der Waals surface area (Å²) in [5.41, 5.74) is 0.544. The predicted molar refractivity (Wildman–Crippen MR) is 124 cm³/mol. The van der Waals surface area contributed by atoms with Crippen LogP contribution < -0.4 is 14.2 Å². The van der Waals surface area contributed by atoms with Crippen LogP contribution in [0.1, 0.15) is 30.5 Å². The first kappa shape index (κ1) is 24.9. The Balaban J connectivity index is 2.25. The number of phenols is 1.